The highest BCUT2D eigenvalue weighted by Crippen LogP contribution is 2.30. The molecule has 19 heavy (non-hydrogen) atoms. The van der Waals surface area contributed by atoms with E-state index in [1.807, 2.05) is 12.1 Å². The Morgan fingerprint density at radius 2 is 2.05 bits per heavy atom. The quantitative estimate of drug-likeness (QED) is 0.750. The van der Waals surface area contributed by atoms with E-state index in [9.17, 15) is 4.79 Å². The van der Waals surface area contributed by atoms with Crippen LogP contribution in [-0.4, -0.2) is 23.0 Å². The van der Waals surface area contributed by atoms with Crippen LogP contribution in [0.1, 0.15) is 31.2 Å². The number of carbonyl (C=O) groups excluding carboxylic acids is 1. The van der Waals surface area contributed by atoms with Crippen LogP contribution < -0.4 is 16.2 Å². The van der Waals surface area contributed by atoms with Crippen LogP contribution in [0.4, 0.5) is 0 Å². The second-order valence-corrected chi connectivity index (χ2v) is 5.39. The first kappa shape index (κ1) is 12.6. The number of hydrogen-bond donors (Lipinski definition) is 3. The number of hydrazine groups is 1. The summed E-state index contributed by atoms with van der Waals surface area (Å²) in [7, 11) is 0. The lowest BCUT2D eigenvalue weighted by molar-refractivity contribution is -0.124. The lowest BCUT2D eigenvalue weighted by Crippen LogP contribution is -2.45. The summed E-state index contributed by atoms with van der Waals surface area (Å²) in [4.78, 5) is 16.2. The molecule has 3 unspecified atom stereocenters. The minimum absolute atomic E-state index is 0.0906. The molecule has 3 N–H and O–H groups in total. The largest absolute Gasteiger partial charge is 0.351 e. The summed E-state index contributed by atoms with van der Waals surface area (Å²) < 4.78 is 0. The van der Waals surface area contributed by atoms with E-state index in [4.69, 9.17) is 0 Å². The summed E-state index contributed by atoms with van der Waals surface area (Å²) in [6.45, 7) is 0.566. The van der Waals surface area contributed by atoms with E-state index < -0.39 is 0 Å². The van der Waals surface area contributed by atoms with Gasteiger partial charge in [0, 0.05) is 30.9 Å². The van der Waals surface area contributed by atoms with Gasteiger partial charge < -0.3 is 5.32 Å². The number of nitrogens with one attached hydrogen (secondary N) is 3. The van der Waals surface area contributed by atoms with E-state index in [-0.39, 0.29) is 11.9 Å². The molecule has 2 aliphatic rings. The highest BCUT2D eigenvalue weighted by Gasteiger charge is 2.40. The van der Waals surface area contributed by atoms with Crippen LogP contribution >= 0.6 is 0 Å². The van der Waals surface area contributed by atoms with Crippen LogP contribution in [0.25, 0.3) is 0 Å². The maximum absolute atomic E-state index is 12.2. The van der Waals surface area contributed by atoms with Gasteiger partial charge in [0.15, 0.2) is 0 Å². The van der Waals surface area contributed by atoms with Crippen LogP contribution in [0, 0.1) is 5.92 Å². The average Bonchev–Trinajstić information content (AvgIpc) is 2.90. The summed E-state index contributed by atoms with van der Waals surface area (Å²) in [5.74, 6) is 0.532. The van der Waals surface area contributed by atoms with Crippen molar-refractivity contribution < 1.29 is 4.79 Å². The minimum Gasteiger partial charge on any atom is -0.351 e. The maximum atomic E-state index is 12.2. The fraction of sp³-hybridized carbons (Fsp3) is 0.571. The number of nitrogens with zero attached hydrogens (tertiary/aromatic N) is 1. The lowest BCUT2D eigenvalue weighted by Gasteiger charge is -2.26. The van der Waals surface area contributed by atoms with Crippen molar-refractivity contribution in [2.75, 3.05) is 0 Å². The third-order valence-corrected chi connectivity index (χ3v) is 4.17. The predicted molar refractivity (Wildman–Crippen MR) is 71.9 cm³/mol. The molecule has 2 heterocycles. The molecule has 1 aliphatic heterocycles. The molecule has 5 nitrogen and oxygen atoms in total. The Morgan fingerprint density at radius 3 is 2.89 bits per heavy atom. The molecule has 1 aliphatic carbocycles. The topological polar surface area (TPSA) is 66.0 Å². The standard InChI is InChI=1S/C14H20N4O/c19-14(16-9-10-5-7-15-8-6-10)13-11-3-1-2-4-12(11)17-18-13/h5-8,11-13,17-18H,1-4,9H2,(H,16,19). The molecule has 0 spiro atoms. The monoisotopic (exact) mass is 260 g/mol. The van der Waals surface area contributed by atoms with Gasteiger partial charge >= 0.3 is 0 Å². The zero-order chi connectivity index (χ0) is 13.1. The summed E-state index contributed by atoms with van der Waals surface area (Å²) in [5.41, 5.74) is 7.51. The van der Waals surface area contributed by atoms with E-state index in [2.05, 4.69) is 21.2 Å². The van der Waals surface area contributed by atoms with Crippen LogP contribution in [0.5, 0.6) is 0 Å². The number of carbonyl (C=O) groups is 1. The Morgan fingerprint density at radius 1 is 1.26 bits per heavy atom. The van der Waals surface area contributed by atoms with Crippen molar-refractivity contribution >= 4 is 5.91 Å². The number of amides is 1. The zero-order valence-electron chi connectivity index (χ0n) is 10.9. The van der Waals surface area contributed by atoms with Crippen molar-refractivity contribution in [3.05, 3.63) is 30.1 Å². The van der Waals surface area contributed by atoms with Crippen molar-refractivity contribution in [3.63, 3.8) is 0 Å². The fourth-order valence-corrected chi connectivity index (χ4v) is 3.10. The number of hydrogen-bond acceptors (Lipinski definition) is 4. The molecule has 3 rings (SSSR count). The van der Waals surface area contributed by atoms with Gasteiger partial charge in [-0.05, 0) is 30.5 Å². The molecule has 1 aromatic rings. The summed E-state index contributed by atoms with van der Waals surface area (Å²) in [6, 6.07) is 4.21. The molecule has 5 heteroatoms. The molecule has 3 atom stereocenters. The Labute approximate surface area is 113 Å². The van der Waals surface area contributed by atoms with E-state index in [0.29, 0.717) is 18.5 Å². The summed E-state index contributed by atoms with van der Waals surface area (Å²) in [5, 5.41) is 3.00. The molecular formula is C14H20N4O. The van der Waals surface area contributed by atoms with Gasteiger partial charge in [0.05, 0.1) is 0 Å². The molecule has 102 valence electrons. The maximum Gasteiger partial charge on any atom is 0.239 e. The molecule has 0 aromatic carbocycles. The molecule has 1 saturated carbocycles. The van der Waals surface area contributed by atoms with Crippen LogP contribution in [0.2, 0.25) is 0 Å². The number of rotatable bonds is 3. The molecule has 2 fully saturated rings. The molecule has 0 bridgehead atoms. The molecule has 1 aromatic heterocycles. The third-order valence-electron chi connectivity index (χ3n) is 4.17. The predicted octanol–water partition coefficient (Wildman–Crippen LogP) is 0.733. The molecule has 0 radical (unpaired) electrons. The van der Waals surface area contributed by atoms with Gasteiger partial charge in [-0.3, -0.25) is 15.2 Å². The van der Waals surface area contributed by atoms with Gasteiger partial charge in [0.1, 0.15) is 6.04 Å². The van der Waals surface area contributed by atoms with E-state index in [0.717, 1.165) is 12.0 Å². The zero-order valence-corrected chi connectivity index (χ0v) is 10.9. The van der Waals surface area contributed by atoms with Crippen molar-refractivity contribution in [3.8, 4) is 0 Å². The Hall–Kier alpha value is -1.46. The number of aromatic nitrogens is 1. The van der Waals surface area contributed by atoms with E-state index in [1.54, 1.807) is 12.4 Å². The second-order valence-electron chi connectivity index (χ2n) is 5.39. The third kappa shape index (κ3) is 2.77. The lowest BCUT2D eigenvalue weighted by atomic mass is 9.81. The highest BCUT2D eigenvalue weighted by molar-refractivity contribution is 5.82. The smallest absolute Gasteiger partial charge is 0.239 e. The normalized spacial score (nSPS) is 29.8. The van der Waals surface area contributed by atoms with Crippen LogP contribution in [0.15, 0.2) is 24.5 Å². The highest BCUT2D eigenvalue weighted by atomic mass is 16.2. The SMILES string of the molecule is O=C(NCc1ccncc1)C1NNC2CCCCC21. The van der Waals surface area contributed by atoms with Crippen molar-refractivity contribution in [1.82, 2.24) is 21.2 Å². The van der Waals surface area contributed by atoms with Gasteiger partial charge in [-0.15, -0.1) is 0 Å². The fourth-order valence-electron chi connectivity index (χ4n) is 3.10. The van der Waals surface area contributed by atoms with Gasteiger partial charge in [-0.1, -0.05) is 12.8 Å². The van der Waals surface area contributed by atoms with Crippen LogP contribution in [0.3, 0.4) is 0 Å². The number of pyridine rings is 1. The summed E-state index contributed by atoms with van der Waals surface area (Å²) >= 11 is 0. The first-order valence-electron chi connectivity index (χ1n) is 7.02. The van der Waals surface area contributed by atoms with Gasteiger partial charge in [0.25, 0.3) is 0 Å². The summed E-state index contributed by atoms with van der Waals surface area (Å²) in [6.07, 6.45) is 8.30. The average molecular weight is 260 g/mol. The first-order valence-corrected chi connectivity index (χ1v) is 7.02. The number of fused-ring (bicyclic) bond motifs is 1. The second kappa shape index (κ2) is 5.67. The molecule has 1 amide bonds. The van der Waals surface area contributed by atoms with Crippen LogP contribution in [-0.2, 0) is 11.3 Å². The molecule has 1 saturated heterocycles. The minimum atomic E-state index is -0.0906. The van der Waals surface area contributed by atoms with E-state index in [1.165, 1.54) is 19.3 Å². The Bertz CT molecular complexity index is 436. The van der Waals surface area contributed by atoms with E-state index >= 15 is 0 Å². The van der Waals surface area contributed by atoms with Gasteiger partial charge in [0.2, 0.25) is 5.91 Å². The Balaban J connectivity index is 1.56. The van der Waals surface area contributed by atoms with Gasteiger partial charge in [-0.25, -0.2) is 5.43 Å². The van der Waals surface area contributed by atoms with Crippen molar-refractivity contribution in [1.29, 1.82) is 0 Å². The Kier molecular flexibility index (Phi) is 3.75. The first-order chi connectivity index (χ1) is 9.34. The van der Waals surface area contributed by atoms with Crippen molar-refractivity contribution in [2.45, 2.75) is 44.3 Å². The van der Waals surface area contributed by atoms with Crippen molar-refractivity contribution in [2.24, 2.45) is 5.92 Å². The van der Waals surface area contributed by atoms with Gasteiger partial charge in [-0.2, -0.15) is 0 Å². The molecular weight excluding hydrogens is 240 g/mol.